The topological polar surface area (TPSA) is 44.4 Å². The first kappa shape index (κ1) is 15.4. The van der Waals surface area contributed by atoms with Gasteiger partial charge in [0, 0.05) is 13.1 Å². The fraction of sp³-hybridized carbons (Fsp3) is 0.929. The first-order chi connectivity index (χ1) is 8.63. The summed E-state index contributed by atoms with van der Waals surface area (Å²) >= 11 is 0. The van der Waals surface area contributed by atoms with Gasteiger partial charge in [-0.1, -0.05) is 13.8 Å². The van der Waals surface area contributed by atoms with Crippen molar-refractivity contribution in [2.45, 2.75) is 46.1 Å². The molecular weight excluding hydrogens is 226 g/mol. The number of rotatable bonds is 8. The molecule has 4 nitrogen and oxygen atoms in total. The Morgan fingerprint density at radius 2 is 1.94 bits per heavy atom. The zero-order valence-electron chi connectivity index (χ0n) is 12.2. The van der Waals surface area contributed by atoms with E-state index in [4.69, 9.17) is 0 Å². The van der Waals surface area contributed by atoms with E-state index >= 15 is 0 Å². The number of nitrogens with zero attached hydrogens (tertiary/aromatic N) is 1. The molecule has 1 aliphatic heterocycles. The molecule has 2 unspecified atom stereocenters. The van der Waals surface area contributed by atoms with Gasteiger partial charge in [0.05, 0.1) is 6.04 Å². The van der Waals surface area contributed by atoms with E-state index in [0.717, 1.165) is 26.1 Å². The SMILES string of the molecule is CCCNC(=O)C(C)NCC(C)CN1CCCC1. The summed E-state index contributed by atoms with van der Waals surface area (Å²) < 4.78 is 0. The molecule has 0 aromatic heterocycles. The van der Waals surface area contributed by atoms with Crippen LogP contribution in [0.3, 0.4) is 0 Å². The molecular formula is C14H29N3O. The molecule has 2 N–H and O–H groups in total. The average molecular weight is 255 g/mol. The second-order valence-corrected chi connectivity index (χ2v) is 5.53. The standard InChI is InChI=1S/C14H29N3O/c1-4-7-15-14(18)13(3)16-10-12(2)11-17-8-5-6-9-17/h12-13,16H,4-11H2,1-3H3,(H,15,18). The van der Waals surface area contributed by atoms with Crippen LogP contribution < -0.4 is 10.6 Å². The van der Waals surface area contributed by atoms with Gasteiger partial charge in [0.15, 0.2) is 0 Å². The van der Waals surface area contributed by atoms with Crippen LogP contribution in [-0.2, 0) is 4.79 Å². The fourth-order valence-corrected chi connectivity index (χ4v) is 2.34. The van der Waals surface area contributed by atoms with E-state index in [-0.39, 0.29) is 11.9 Å². The summed E-state index contributed by atoms with van der Waals surface area (Å²) in [6, 6.07) is -0.0856. The molecule has 0 aromatic rings. The van der Waals surface area contributed by atoms with Crippen molar-refractivity contribution >= 4 is 5.91 Å². The lowest BCUT2D eigenvalue weighted by Crippen LogP contribution is -2.44. The summed E-state index contributed by atoms with van der Waals surface area (Å²) in [6.45, 7) is 11.6. The Morgan fingerprint density at radius 3 is 2.56 bits per heavy atom. The Labute approximate surface area is 111 Å². The zero-order chi connectivity index (χ0) is 13.4. The fourth-order valence-electron chi connectivity index (χ4n) is 2.34. The molecule has 2 atom stereocenters. The van der Waals surface area contributed by atoms with Crippen LogP contribution in [0.15, 0.2) is 0 Å². The quantitative estimate of drug-likeness (QED) is 0.685. The van der Waals surface area contributed by atoms with Crippen LogP contribution in [-0.4, -0.2) is 49.6 Å². The van der Waals surface area contributed by atoms with Crippen LogP contribution in [0, 0.1) is 5.92 Å². The lowest BCUT2D eigenvalue weighted by molar-refractivity contribution is -0.122. The van der Waals surface area contributed by atoms with Crippen LogP contribution in [0.5, 0.6) is 0 Å². The van der Waals surface area contributed by atoms with Crippen molar-refractivity contribution < 1.29 is 4.79 Å². The molecule has 1 fully saturated rings. The smallest absolute Gasteiger partial charge is 0.236 e. The second kappa shape index (κ2) is 8.48. The molecule has 0 radical (unpaired) electrons. The average Bonchev–Trinajstić information content (AvgIpc) is 2.85. The highest BCUT2D eigenvalue weighted by Crippen LogP contribution is 2.09. The van der Waals surface area contributed by atoms with Crippen molar-refractivity contribution in [3.8, 4) is 0 Å². The number of amides is 1. The summed E-state index contributed by atoms with van der Waals surface area (Å²) in [7, 11) is 0. The first-order valence-corrected chi connectivity index (χ1v) is 7.37. The molecule has 18 heavy (non-hydrogen) atoms. The molecule has 1 amide bonds. The normalized spacial score (nSPS) is 19.7. The van der Waals surface area contributed by atoms with Gasteiger partial charge < -0.3 is 15.5 Å². The summed E-state index contributed by atoms with van der Waals surface area (Å²) in [5.74, 6) is 0.717. The maximum absolute atomic E-state index is 11.7. The summed E-state index contributed by atoms with van der Waals surface area (Å²) in [5.41, 5.74) is 0. The van der Waals surface area contributed by atoms with E-state index in [0.29, 0.717) is 5.92 Å². The van der Waals surface area contributed by atoms with Gasteiger partial charge >= 0.3 is 0 Å². The number of hydrogen-bond donors (Lipinski definition) is 2. The van der Waals surface area contributed by atoms with Crippen LogP contribution >= 0.6 is 0 Å². The largest absolute Gasteiger partial charge is 0.355 e. The van der Waals surface area contributed by atoms with Crippen molar-refractivity contribution in [1.29, 1.82) is 0 Å². The third-order valence-corrected chi connectivity index (χ3v) is 3.48. The van der Waals surface area contributed by atoms with E-state index in [1.165, 1.54) is 25.9 Å². The third kappa shape index (κ3) is 5.83. The Hall–Kier alpha value is -0.610. The molecule has 106 valence electrons. The van der Waals surface area contributed by atoms with E-state index in [1.807, 2.05) is 6.92 Å². The number of carbonyl (C=O) groups is 1. The molecule has 0 bridgehead atoms. The predicted octanol–water partition coefficient (Wildman–Crippen LogP) is 1.22. The number of carbonyl (C=O) groups excluding carboxylic acids is 1. The molecule has 1 aliphatic rings. The number of likely N-dealkylation sites (tertiary alicyclic amines) is 1. The van der Waals surface area contributed by atoms with E-state index < -0.39 is 0 Å². The molecule has 1 saturated heterocycles. The van der Waals surface area contributed by atoms with Crippen molar-refractivity contribution in [1.82, 2.24) is 15.5 Å². The third-order valence-electron chi connectivity index (χ3n) is 3.48. The summed E-state index contributed by atoms with van der Waals surface area (Å²) in [5, 5.41) is 6.24. The second-order valence-electron chi connectivity index (χ2n) is 5.53. The van der Waals surface area contributed by atoms with Gasteiger partial charge in [-0.25, -0.2) is 0 Å². The van der Waals surface area contributed by atoms with Gasteiger partial charge in [-0.2, -0.15) is 0 Å². The highest BCUT2D eigenvalue weighted by molar-refractivity contribution is 5.81. The maximum Gasteiger partial charge on any atom is 0.236 e. The number of nitrogens with one attached hydrogen (secondary N) is 2. The van der Waals surface area contributed by atoms with E-state index in [9.17, 15) is 4.79 Å². The molecule has 4 heteroatoms. The Kier molecular flexibility index (Phi) is 7.28. The van der Waals surface area contributed by atoms with Crippen LogP contribution in [0.2, 0.25) is 0 Å². The minimum absolute atomic E-state index is 0.0856. The minimum Gasteiger partial charge on any atom is -0.355 e. The van der Waals surface area contributed by atoms with Crippen LogP contribution in [0.25, 0.3) is 0 Å². The zero-order valence-corrected chi connectivity index (χ0v) is 12.2. The molecule has 0 aliphatic carbocycles. The Morgan fingerprint density at radius 1 is 1.28 bits per heavy atom. The Bertz CT molecular complexity index is 239. The highest BCUT2D eigenvalue weighted by atomic mass is 16.2. The predicted molar refractivity (Wildman–Crippen MR) is 75.6 cm³/mol. The molecule has 1 rings (SSSR count). The Balaban J connectivity index is 2.12. The van der Waals surface area contributed by atoms with Gasteiger partial charge in [0.2, 0.25) is 5.91 Å². The first-order valence-electron chi connectivity index (χ1n) is 7.37. The van der Waals surface area contributed by atoms with Crippen molar-refractivity contribution in [3.63, 3.8) is 0 Å². The highest BCUT2D eigenvalue weighted by Gasteiger charge is 2.16. The van der Waals surface area contributed by atoms with Crippen LogP contribution in [0.4, 0.5) is 0 Å². The van der Waals surface area contributed by atoms with Gasteiger partial charge in [-0.05, 0) is 51.7 Å². The molecule has 1 heterocycles. The molecule has 0 spiro atoms. The van der Waals surface area contributed by atoms with Gasteiger partial charge in [-0.15, -0.1) is 0 Å². The monoisotopic (exact) mass is 255 g/mol. The van der Waals surface area contributed by atoms with Crippen molar-refractivity contribution in [2.75, 3.05) is 32.7 Å². The summed E-state index contributed by atoms with van der Waals surface area (Å²) in [6.07, 6.45) is 3.68. The van der Waals surface area contributed by atoms with Crippen LogP contribution in [0.1, 0.15) is 40.0 Å². The minimum atomic E-state index is -0.0856. The van der Waals surface area contributed by atoms with E-state index in [1.54, 1.807) is 0 Å². The number of hydrogen-bond acceptors (Lipinski definition) is 3. The molecule has 0 aromatic carbocycles. The molecule has 0 saturated carbocycles. The van der Waals surface area contributed by atoms with Gasteiger partial charge in [-0.3, -0.25) is 4.79 Å². The van der Waals surface area contributed by atoms with Crippen molar-refractivity contribution in [3.05, 3.63) is 0 Å². The summed E-state index contributed by atoms with van der Waals surface area (Å²) in [4.78, 5) is 14.2. The lowest BCUT2D eigenvalue weighted by atomic mass is 10.1. The maximum atomic E-state index is 11.7. The van der Waals surface area contributed by atoms with E-state index in [2.05, 4.69) is 29.4 Å². The lowest BCUT2D eigenvalue weighted by Gasteiger charge is -2.22. The van der Waals surface area contributed by atoms with Gasteiger partial charge in [0.25, 0.3) is 0 Å². The van der Waals surface area contributed by atoms with Gasteiger partial charge in [0.1, 0.15) is 0 Å². The van der Waals surface area contributed by atoms with Crippen molar-refractivity contribution in [2.24, 2.45) is 5.92 Å².